The zero-order valence-corrected chi connectivity index (χ0v) is 20.9. The molecule has 0 unspecified atom stereocenters. The first-order valence-corrected chi connectivity index (χ1v) is 13.7. The molecule has 0 saturated heterocycles. The van der Waals surface area contributed by atoms with Gasteiger partial charge < -0.3 is 13.9 Å². The maximum Gasteiger partial charge on any atom is 0.191 e. The molecular formula is C23H48O3Si. The van der Waals surface area contributed by atoms with E-state index in [-0.39, 0.29) is 5.04 Å². The monoisotopic (exact) mass is 400 g/mol. The predicted molar refractivity (Wildman–Crippen MR) is 121 cm³/mol. The van der Waals surface area contributed by atoms with Crippen LogP contribution in [0.2, 0.25) is 18.1 Å². The van der Waals surface area contributed by atoms with Crippen molar-refractivity contribution in [1.82, 2.24) is 0 Å². The molecule has 0 aromatic heterocycles. The topological polar surface area (TPSA) is 27.7 Å². The maximum absolute atomic E-state index is 6.64. The summed E-state index contributed by atoms with van der Waals surface area (Å²) in [5, 5.41) is 0.257. The number of methoxy groups -OCH3 is 1. The third-order valence-electron chi connectivity index (χ3n) is 5.61. The largest absolute Gasteiger partial charge is 0.417 e. The van der Waals surface area contributed by atoms with Gasteiger partial charge in [-0.15, -0.1) is 0 Å². The van der Waals surface area contributed by atoms with Crippen LogP contribution in [0.1, 0.15) is 67.7 Å². The van der Waals surface area contributed by atoms with E-state index in [1.807, 2.05) is 0 Å². The summed E-state index contributed by atoms with van der Waals surface area (Å²) in [6.45, 7) is 22.8. The van der Waals surface area contributed by atoms with Crippen LogP contribution in [-0.4, -0.2) is 35.4 Å². The molecule has 0 fully saturated rings. The highest BCUT2D eigenvalue weighted by molar-refractivity contribution is 6.74. The molecule has 3 nitrogen and oxygen atoms in total. The Hall–Kier alpha value is -0.163. The Bertz CT molecular complexity index is 397. The second-order valence-corrected chi connectivity index (χ2v) is 15.0. The predicted octanol–water partition coefficient (Wildman–Crippen LogP) is 6.90. The molecule has 0 aromatic rings. The van der Waals surface area contributed by atoms with Crippen molar-refractivity contribution < 1.29 is 13.9 Å². The van der Waals surface area contributed by atoms with Gasteiger partial charge in [0.1, 0.15) is 6.79 Å². The van der Waals surface area contributed by atoms with Crippen molar-refractivity contribution >= 4 is 8.32 Å². The average molecular weight is 401 g/mol. The number of hydrogen-bond donors (Lipinski definition) is 0. The lowest BCUT2D eigenvalue weighted by atomic mass is 9.82. The SMILES string of the molecule is COCOCCC[C@H](C=CC(C)C)[C@H](CO[Si](C)(C)C(C)(C)C)CC(C)C. The van der Waals surface area contributed by atoms with Crippen molar-refractivity contribution in [2.24, 2.45) is 23.7 Å². The van der Waals surface area contributed by atoms with Crippen LogP contribution in [0.15, 0.2) is 12.2 Å². The Morgan fingerprint density at radius 1 is 1.00 bits per heavy atom. The van der Waals surface area contributed by atoms with Crippen LogP contribution >= 0.6 is 0 Å². The van der Waals surface area contributed by atoms with Gasteiger partial charge in [0.15, 0.2) is 8.32 Å². The molecular weight excluding hydrogens is 352 g/mol. The Kier molecular flexibility index (Phi) is 13.1. The van der Waals surface area contributed by atoms with E-state index < -0.39 is 8.32 Å². The summed E-state index contributed by atoms with van der Waals surface area (Å²) in [5.74, 6) is 2.37. The van der Waals surface area contributed by atoms with Crippen molar-refractivity contribution in [2.45, 2.75) is 85.9 Å². The van der Waals surface area contributed by atoms with Gasteiger partial charge in [0, 0.05) is 20.3 Å². The maximum atomic E-state index is 6.64. The first-order valence-electron chi connectivity index (χ1n) is 10.8. The molecule has 0 rings (SSSR count). The first kappa shape index (κ1) is 26.8. The molecule has 0 aliphatic rings. The molecule has 4 heteroatoms. The van der Waals surface area contributed by atoms with E-state index >= 15 is 0 Å². The smallest absolute Gasteiger partial charge is 0.191 e. The first-order chi connectivity index (χ1) is 12.4. The fourth-order valence-corrected chi connectivity index (χ4v) is 3.98. The molecule has 0 aromatic carbocycles. The molecule has 0 radical (unpaired) electrons. The molecule has 0 heterocycles. The van der Waals surface area contributed by atoms with Gasteiger partial charge in [0.25, 0.3) is 0 Å². The van der Waals surface area contributed by atoms with E-state index in [9.17, 15) is 0 Å². The van der Waals surface area contributed by atoms with Gasteiger partial charge in [0.2, 0.25) is 0 Å². The van der Waals surface area contributed by atoms with E-state index in [0.29, 0.717) is 30.5 Å². The molecule has 0 spiro atoms. The Morgan fingerprint density at radius 3 is 2.11 bits per heavy atom. The molecule has 162 valence electrons. The van der Waals surface area contributed by atoms with Crippen molar-refractivity contribution in [3.63, 3.8) is 0 Å². The van der Waals surface area contributed by atoms with Crippen molar-refractivity contribution in [1.29, 1.82) is 0 Å². The summed E-state index contributed by atoms with van der Waals surface area (Å²) in [4.78, 5) is 0. The number of hydrogen-bond acceptors (Lipinski definition) is 3. The molecule has 27 heavy (non-hydrogen) atoms. The number of allylic oxidation sites excluding steroid dienone is 2. The van der Waals surface area contributed by atoms with E-state index in [1.165, 1.54) is 6.42 Å². The summed E-state index contributed by atoms with van der Waals surface area (Å²) in [6.07, 6.45) is 8.22. The van der Waals surface area contributed by atoms with Crippen LogP contribution in [-0.2, 0) is 13.9 Å². The van der Waals surface area contributed by atoms with Crippen LogP contribution in [0.25, 0.3) is 0 Å². The highest BCUT2D eigenvalue weighted by Crippen LogP contribution is 2.38. The lowest BCUT2D eigenvalue weighted by Gasteiger charge is -2.38. The standard InChI is InChI=1S/C23H48O3Si/c1-19(2)13-14-21(12-11-15-25-18-24-8)22(16-20(3)4)17-26-27(9,10)23(5,6)7/h13-14,19-22H,11-12,15-18H2,1-10H3/t21-,22+/m1/s1. The molecule has 0 N–H and O–H groups in total. The Morgan fingerprint density at radius 2 is 1.63 bits per heavy atom. The third kappa shape index (κ3) is 12.1. The minimum atomic E-state index is -1.72. The molecule has 2 atom stereocenters. The van der Waals surface area contributed by atoms with Gasteiger partial charge in [0.05, 0.1) is 0 Å². The molecule has 0 bridgehead atoms. The second-order valence-electron chi connectivity index (χ2n) is 10.2. The minimum absolute atomic E-state index is 0.257. The number of rotatable bonds is 14. The molecule has 0 amide bonds. The van der Waals surface area contributed by atoms with Gasteiger partial charge in [-0.3, -0.25) is 0 Å². The molecule has 0 saturated carbocycles. The minimum Gasteiger partial charge on any atom is -0.417 e. The van der Waals surface area contributed by atoms with Gasteiger partial charge in [-0.1, -0.05) is 60.6 Å². The van der Waals surface area contributed by atoms with Crippen LogP contribution in [0.4, 0.5) is 0 Å². The average Bonchev–Trinajstić information content (AvgIpc) is 2.52. The van der Waals surface area contributed by atoms with Gasteiger partial charge in [-0.05, 0) is 61.1 Å². The summed E-state index contributed by atoms with van der Waals surface area (Å²) in [7, 11) is -0.0518. The highest BCUT2D eigenvalue weighted by atomic mass is 28.4. The Labute approximate surface area is 171 Å². The summed E-state index contributed by atoms with van der Waals surface area (Å²) in [6, 6.07) is 0. The third-order valence-corrected chi connectivity index (χ3v) is 10.1. The fraction of sp³-hybridized carbons (Fsp3) is 0.913. The van der Waals surface area contributed by atoms with Gasteiger partial charge in [-0.2, -0.15) is 0 Å². The normalized spacial score (nSPS) is 15.9. The Balaban J connectivity index is 5.11. The van der Waals surface area contributed by atoms with Crippen LogP contribution in [0.3, 0.4) is 0 Å². The quantitative estimate of drug-likeness (QED) is 0.137. The van der Waals surface area contributed by atoms with Crippen molar-refractivity contribution in [3.05, 3.63) is 12.2 Å². The zero-order chi connectivity index (χ0) is 21.1. The van der Waals surface area contributed by atoms with E-state index in [1.54, 1.807) is 7.11 Å². The molecule has 0 aliphatic heterocycles. The lowest BCUT2D eigenvalue weighted by molar-refractivity contribution is -0.0325. The van der Waals surface area contributed by atoms with Gasteiger partial charge in [-0.25, -0.2) is 0 Å². The summed E-state index contributed by atoms with van der Waals surface area (Å²) in [5.41, 5.74) is 0. The molecule has 0 aliphatic carbocycles. The van der Waals surface area contributed by atoms with E-state index in [4.69, 9.17) is 13.9 Å². The van der Waals surface area contributed by atoms with Crippen LogP contribution in [0.5, 0.6) is 0 Å². The zero-order valence-electron chi connectivity index (χ0n) is 19.9. The summed E-state index contributed by atoms with van der Waals surface area (Å²) >= 11 is 0. The van der Waals surface area contributed by atoms with Crippen LogP contribution < -0.4 is 0 Å². The highest BCUT2D eigenvalue weighted by Gasteiger charge is 2.38. The second kappa shape index (κ2) is 13.1. The number of ether oxygens (including phenoxy) is 2. The van der Waals surface area contributed by atoms with Crippen molar-refractivity contribution in [2.75, 3.05) is 27.1 Å². The van der Waals surface area contributed by atoms with Crippen LogP contribution in [0, 0.1) is 23.7 Å². The summed E-state index contributed by atoms with van der Waals surface area (Å²) < 4.78 is 17.1. The van der Waals surface area contributed by atoms with Crippen molar-refractivity contribution in [3.8, 4) is 0 Å². The van der Waals surface area contributed by atoms with Gasteiger partial charge >= 0.3 is 0 Å². The van der Waals surface area contributed by atoms with E-state index in [2.05, 4.69) is 73.7 Å². The fourth-order valence-electron chi connectivity index (χ4n) is 2.92. The van der Waals surface area contributed by atoms with E-state index in [0.717, 1.165) is 26.1 Å². The lowest BCUT2D eigenvalue weighted by Crippen LogP contribution is -2.42.